The average Bonchev–Trinajstić information content (AvgIpc) is 2.40. The minimum atomic E-state index is -2.75. The topological polar surface area (TPSA) is 120 Å². The Bertz CT molecular complexity index is 62.4. The van der Waals surface area contributed by atoms with Crippen LogP contribution in [0.15, 0.2) is 0 Å². The van der Waals surface area contributed by atoms with Crippen molar-refractivity contribution < 1.29 is 64.0 Å². The summed E-state index contributed by atoms with van der Waals surface area (Å²) in [6.45, 7) is 1.44. The fourth-order valence-corrected chi connectivity index (χ4v) is 0.241. The van der Waals surface area contributed by atoms with Crippen LogP contribution >= 0.6 is 0 Å². The Morgan fingerprint density at radius 1 is 1.08 bits per heavy atom. The largest absolute Gasteiger partial charge is 1.00 e. The van der Waals surface area contributed by atoms with Gasteiger partial charge in [-0.1, -0.05) is 0 Å². The van der Waals surface area contributed by atoms with Gasteiger partial charge in [0.15, 0.2) is 0 Å². The van der Waals surface area contributed by atoms with Crippen LogP contribution in [0.25, 0.3) is 0 Å². The summed E-state index contributed by atoms with van der Waals surface area (Å²) >= 11 is 0. The Morgan fingerprint density at radius 2 is 1.31 bits per heavy atom. The Hall–Kier alpha value is 0.915. The molecule has 0 amide bonds. The molecule has 11 heteroatoms. The van der Waals surface area contributed by atoms with E-state index in [4.69, 9.17) is 25.1 Å². The van der Waals surface area contributed by atoms with Crippen molar-refractivity contribution in [3.05, 3.63) is 0 Å². The van der Waals surface area contributed by atoms with E-state index in [0.29, 0.717) is 0 Å². The molecular weight excluding hydrogens is 191 g/mol. The molecule has 0 atom stereocenters. The van der Waals surface area contributed by atoms with Gasteiger partial charge in [-0.25, -0.2) is 0 Å². The first-order chi connectivity index (χ1) is 5.65. The van der Waals surface area contributed by atoms with Gasteiger partial charge in [-0.3, -0.25) is 0 Å². The second kappa shape index (κ2) is 18.7. The van der Waals surface area contributed by atoms with E-state index in [1.165, 1.54) is 7.69 Å². The molecule has 0 aliphatic carbocycles. The molecule has 5 N–H and O–H groups in total. The Morgan fingerprint density at radius 3 is 1.38 bits per heavy atom. The van der Waals surface area contributed by atoms with Crippen LogP contribution in [-0.2, 0) is 9.31 Å². The van der Waals surface area contributed by atoms with Crippen LogP contribution in [0, 0.1) is 0 Å². The van der Waals surface area contributed by atoms with Gasteiger partial charge in [-0.2, -0.15) is 0 Å². The maximum absolute atomic E-state index is 7.25. The summed E-state index contributed by atoms with van der Waals surface area (Å²) in [6.07, 6.45) is 0. The van der Waals surface area contributed by atoms with Crippen LogP contribution in [0.4, 0.5) is 0 Å². The third-order valence-corrected chi connectivity index (χ3v) is 0.455. The van der Waals surface area contributed by atoms with Crippen LogP contribution in [0.5, 0.6) is 0 Å². The molecule has 0 aromatic rings. The van der Waals surface area contributed by atoms with Crippen molar-refractivity contribution in [2.24, 2.45) is 0 Å². The molecule has 7 nitrogen and oxygen atoms in total. The van der Waals surface area contributed by atoms with Crippen molar-refractivity contribution in [3.8, 4) is 0 Å². The Labute approximate surface area is 99.8 Å². The van der Waals surface area contributed by atoms with Crippen LogP contribution in [0.2, 0.25) is 0 Å². The minimum Gasteiger partial charge on any atom is -0.562 e. The molecule has 13 heavy (non-hydrogen) atoms. The quantitative estimate of drug-likeness (QED) is 0.247. The molecule has 1 saturated heterocycles. The second-order valence-corrected chi connectivity index (χ2v) is 1.38. The van der Waals surface area contributed by atoms with Gasteiger partial charge < -0.3 is 34.4 Å². The third-order valence-electron chi connectivity index (χ3n) is 0.455. The van der Waals surface area contributed by atoms with Crippen molar-refractivity contribution in [2.75, 3.05) is 13.2 Å². The first kappa shape index (κ1) is 19.5. The van der Waals surface area contributed by atoms with Gasteiger partial charge in [0.05, 0.1) is 13.2 Å². The number of hydrogen-bond donors (Lipinski definition) is 5. The molecular formula is C2H10B3NaO7. The maximum Gasteiger partial charge on any atom is 1.00 e. The van der Waals surface area contributed by atoms with Crippen molar-refractivity contribution in [1.82, 2.24) is 0 Å². The van der Waals surface area contributed by atoms with Gasteiger partial charge in [-0.15, -0.1) is 0 Å². The van der Waals surface area contributed by atoms with Gasteiger partial charge >= 0.3 is 52.2 Å². The predicted molar refractivity (Wildman–Crippen MR) is 41.7 cm³/mol. The molecule has 0 aromatic carbocycles. The van der Waals surface area contributed by atoms with Gasteiger partial charge in [0, 0.05) is 0 Å². The molecule has 1 rings (SSSR count). The molecule has 1 heterocycles. The standard InChI is InChI=1S/C2H4BO2.BH4O3.BH2O2.Na/c1-2-5-3-4-1;2-1(3)4;2-1-3;/h1-2H2;1-4H;2-3H;/q;-1;;+1. The van der Waals surface area contributed by atoms with E-state index in [-0.39, 0.29) is 37.2 Å². The molecule has 1 aliphatic heterocycles. The van der Waals surface area contributed by atoms with E-state index < -0.39 is 7.32 Å². The normalized spacial score (nSPS) is 12.5. The van der Waals surface area contributed by atoms with Crippen molar-refractivity contribution in [3.63, 3.8) is 0 Å². The number of hydrogen-bond acceptors (Lipinski definition) is 7. The summed E-state index contributed by atoms with van der Waals surface area (Å²) in [6, 6.07) is 0. The van der Waals surface area contributed by atoms with Gasteiger partial charge in [0.25, 0.3) is 0 Å². The van der Waals surface area contributed by atoms with E-state index in [9.17, 15) is 0 Å². The molecule has 2 radical (unpaired) electrons. The first-order valence-corrected chi connectivity index (χ1v) is 3.01. The van der Waals surface area contributed by atoms with Crippen molar-refractivity contribution >= 4 is 22.7 Å². The van der Waals surface area contributed by atoms with Gasteiger partial charge in [-0.05, 0) is 0 Å². The van der Waals surface area contributed by atoms with E-state index in [2.05, 4.69) is 9.31 Å². The average molecular weight is 202 g/mol. The smallest absolute Gasteiger partial charge is 0.562 e. The zero-order valence-corrected chi connectivity index (χ0v) is 9.33. The molecule has 1 aliphatic rings. The molecule has 1 fully saturated rings. The summed E-state index contributed by atoms with van der Waals surface area (Å²) in [5.41, 5.74) is 0. The SMILES string of the molecule is O[BH-](O)O.O[B]O.[B]1OCCO1.[Na+]. The fourth-order valence-electron chi connectivity index (χ4n) is 0.241. The third kappa shape index (κ3) is 44.0. The van der Waals surface area contributed by atoms with Crippen LogP contribution in [-0.4, -0.2) is 61.0 Å². The Balaban J connectivity index is -0.000000116. The molecule has 0 spiro atoms. The predicted octanol–water partition coefficient (Wildman–Crippen LogP) is -7.24. The summed E-state index contributed by atoms with van der Waals surface area (Å²) in [5, 5.41) is 35.8. The summed E-state index contributed by atoms with van der Waals surface area (Å²) in [4.78, 5) is 0. The molecule has 0 unspecified atom stereocenters. The molecule has 0 bridgehead atoms. The van der Waals surface area contributed by atoms with Gasteiger partial charge in [0.1, 0.15) is 0 Å². The first-order valence-electron chi connectivity index (χ1n) is 3.01. The molecule has 70 valence electrons. The minimum absolute atomic E-state index is 0. The maximum atomic E-state index is 7.25. The van der Waals surface area contributed by atoms with Crippen molar-refractivity contribution in [1.29, 1.82) is 0 Å². The van der Waals surface area contributed by atoms with E-state index in [1.807, 2.05) is 0 Å². The zero-order chi connectivity index (χ0) is 9.82. The van der Waals surface area contributed by atoms with Crippen LogP contribution in [0.1, 0.15) is 0 Å². The van der Waals surface area contributed by atoms with E-state index in [1.54, 1.807) is 0 Å². The molecule has 0 aromatic heterocycles. The molecule has 0 saturated carbocycles. The van der Waals surface area contributed by atoms with E-state index >= 15 is 0 Å². The van der Waals surface area contributed by atoms with Gasteiger partial charge in [0.2, 0.25) is 0 Å². The zero-order valence-electron chi connectivity index (χ0n) is 7.33. The van der Waals surface area contributed by atoms with Crippen molar-refractivity contribution in [2.45, 2.75) is 0 Å². The van der Waals surface area contributed by atoms with E-state index in [0.717, 1.165) is 13.2 Å². The van der Waals surface area contributed by atoms with Crippen LogP contribution in [0.3, 0.4) is 0 Å². The monoisotopic (exact) mass is 202 g/mol. The fraction of sp³-hybridized carbons (Fsp3) is 1.00. The van der Waals surface area contributed by atoms with Crippen LogP contribution < -0.4 is 29.6 Å². The Kier molecular flexibility index (Phi) is 27.9. The second-order valence-electron chi connectivity index (χ2n) is 1.38. The summed E-state index contributed by atoms with van der Waals surface area (Å²) in [5.74, 6) is 0. The summed E-state index contributed by atoms with van der Waals surface area (Å²) in [7, 11) is -1.39. The number of rotatable bonds is 0. The summed E-state index contributed by atoms with van der Waals surface area (Å²) < 4.78 is 9.19.